The first-order chi connectivity index (χ1) is 9.70. The van der Waals surface area contributed by atoms with Gasteiger partial charge in [0, 0.05) is 8.95 Å². The van der Waals surface area contributed by atoms with Crippen LogP contribution in [0.1, 0.15) is 11.1 Å². The van der Waals surface area contributed by atoms with Crippen molar-refractivity contribution in [2.45, 2.75) is 18.7 Å². The number of anilines is 1. The minimum Gasteiger partial charge on any atom is -0.279 e. The second-order valence-corrected chi connectivity index (χ2v) is 8.08. The van der Waals surface area contributed by atoms with Crippen LogP contribution in [0.2, 0.25) is 0 Å². The topological polar surface area (TPSA) is 46.2 Å². The van der Waals surface area contributed by atoms with Gasteiger partial charge in [-0.2, -0.15) is 0 Å². The van der Waals surface area contributed by atoms with Crippen LogP contribution in [0.15, 0.2) is 44.2 Å². The van der Waals surface area contributed by atoms with Crippen molar-refractivity contribution in [3.05, 3.63) is 56.2 Å². The van der Waals surface area contributed by atoms with E-state index in [9.17, 15) is 12.8 Å². The van der Waals surface area contributed by atoms with E-state index in [-0.39, 0.29) is 4.90 Å². The average Bonchev–Trinajstić information content (AvgIpc) is 2.33. The third kappa shape index (κ3) is 3.64. The van der Waals surface area contributed by atoms with Gasteiger partial charge >= 0.3 is 0 Å². The lowest BCUT2D eigenvalue weighted by molar-refractivity contribution is 0.570. The minimum atomic E-state index is -3.98. The number of hydrogen-bond acceptors (Lipinski definition) is 2. The summed E-state index contributed by atoms with van der Waals surface area (Å²) in [5.41, 5.74) is 1.96. The van der Waals surface area contributed by atoms with E-state index in [2.05, 4.69) is 36.6 Å². The maximum atomic E-state index is 13.9. The summed E-state index contributed by atoms with van der Waals surface area (Å²) in [4.78, 5) is -0.382. The molecule has 0 aliphatic carbocycles. The highest BCUT2D eigenvalue weighted by Gasteiger charge is 2.21. The lowest BCUT2D eigenvalue weighted by atomic mass is 10.1. The van der Waals surface area contributed by atoms with Crippen LogP contribution >= 0.6 is 31.9 Å². The highest BCUT2D eigenvalue weighted by atomic mass is 79.9. The molecule has 3 nitrogen and oxygen atoms in total. The van der Waals surface area contributed by atoms with Crippen molar-refractivity contribution in [1.82, 2.24) is 0 Å². The zero-order valence-electron chi connectivity index (χ0n) is 11.2. The molecule has 112 valence electrons. The van der Waals surface area contributed by atoms with Crippen molar-refractivity contribution in [2.24, 2.45) is 0 Å². The molecule has 0 radical (unpaired) electrons. The van der Waals surface area contributed by atoms with Crippen molar-refractivity contribution < 1.29 is 12.8 Å². The summed E-state index contributed by atoms with van der Waals surface area (Å²) in [6.45, 7) is 3.57. The lowest BCUT2D eigenvalue weighted by Gasteiger charge is -2.14. The Morgan fingerprint density at radius 1 is 1.00 bits per heavy atom. The molecule has 0 bridgehead atoms. The third-order valence-electron chi connectivity index (χ3n) is 2.92. The number of hydrogen-bond donors (Lipinski definition) is 1. The molecule has 0 aromatic heterocycles. The van der Waals surface area contributed by atoms with E-state index in [0.717, 1.165) is 21.7 Å². The first kappa shape index (κ1) is 16.5. The Morgan fingerprint density at radius 3 is 2.10 bits per heavy atom. The Kier molecular flexibility index (Phi) is 4.75. The monoisotopic (exact) mass is 435 g/mol. The molecule has 0 aliphatic heterocycles. The van der Waals surface area contributed by atoms with Crippen LogP contribution in [-0.4, -0.2) is 8.42 Å². The molecule has 0 amide bonds. The molecule has 2 aromatic rings. The molecule has 0 spiro atoms. The van der Waals surface area contributed by atoms with Gasteiger partial charge in [0.15, 0.2) is 0 Å². The highest BCUT2D eigenvalue weighted by molar-refractivity contribution is 9.10. The maximum absolute atomic E-state index is 13.9. The molecule has 21 heavy (non-hydrogen) atoms. The summed E-state index contributed by atoms with van der Waals surface area (Å²) in [6, 6.07) is 7.42. The second-order valence-electron chi connectivity index (χ2n) is 4.59. The van der Waals surface area contributed by atoms with Crippen LogP contribution in [0.25, 0.3) is 0 Å². The fourth-order valence-corrected chi connectivity index (χ4v) is 4.24. The van der Waals surface area contributed by atoms with Gasteiger partial charge in [-0.3, -0.25) is 4.72 Å². The Bertz CT molecular complexity index is 784. The molecular weight excluding hydrogens is 425 g/mol. The zero-order chi connectivity index (χ0) is 15.8. The van der Waals surface area contributed by atoms with Crippen LogP contribution < -0.4 is 4.72 Å². The SMILES string of the molecule is Cc1cc(Br)cc(C)c1NS(=O)(=O)c1ccc(Br)cc1F. The number of rotatable bonds is 3. The van der Waals surface area contributed by atoms with Crippen molar-refractivity contribution >= 4 is 47.6 Å². The van der Waals surface area contributed by atoms with Crippen LogP contribution in [-0.2, 0) is 10.0 Å². The largest absolute Gasteiger partial charge is 0.279 e. The average molecular weight is 437 g/mol. The molecular formula is C14H12Br2FNO2S. The number of sulfonamides is 1. The maximum Gasteiger partial charge on any atom is 0.264 e. The predicted octanol–water partition coefficient (Wildman–Crippen LogP) is 4.77. The molecule has 0 atom stereocenters. The van der Waals surface area contributed by atoms with Gasteiger partial charge in [-0.05, 0) is 55.3 Å². The molecule has 0 unspecified atom stereocenters. The van der Waals surface area contributed by atoms with Gasteiger partial charge in [-0.1, -0.05) is 31.9 Å². The summed E-state index contributed by atoms with van der Waals surface area (Å²) >= 11 is 6.45. The Morgan fingerprint density at radius 2 is 1.57 bits per heavy atom. The first-order valence-corrected chi connectivity index (χ1v) is 9.02. The van der Waals surface area contributed by atoms with Gasteiger partial charge < -0.3 is 0 Å². The van der Waals surface area contributed by atoms with Gasteiger partial charge in [0.2, 0.25) is 0 Å². The van der Waals surface area contributed by atoms with Crippen molar-refractivity contribution in [1.29, 1.82) is 0 Å². The van der Waals surface area contributed by atoms with Gasteiger partial charge in [0.05, 0.1) is 5.69 Å². The first-order valence-electron chi connectivity index (χ1n) is 5.95. The van der Waals surface area contributed by atoms with Gasteiger partial charge in [-0.15, -0.1) is 0 Å². The highest BCUT2D eigenvalue weighted by Crippen LogP contribution is 2.28. The summed E-state index contributed by atoms with van der Waals surface area (Å²) in [5, 5.41) is 0. The van der Waals surface area contributed by atoms with E-state index in [1.165, 1.54) is 12.1 Å². The Labute approximate surface area is 139 Å². The van der Waals surface area contributed by atoms with E-state index >= 15 is 0 Å². The summed E-state index contributed by atoms with van der Waals surface area (Å²) in [6.07, 6.45) is 0. The molecule has 1 N–H and O–H groups in total. The standard InChI is InChI=1S/C14H12Br2FNO2S/c1-8-5-11(16)6-9(2)14(8)18-21(19,20)13-4-3-10(15)7-12(13)17/h3-7,18H,1-2H3. The number of nitrogens with one attached hydrogen (secondary N) is 1. The fraction of sp³-hybridized carbons (Fsp3) is 0.143. The smallest absolute Gasteiger partial charge is 0.264 e. The minimum absolute atomic E-state index is 0.382. The van der Waals surface area contributed by atoms with E-state index in [1.807, 2.05) is 0 Å². The van der Waals surface area contributed by atoms with Crippen molar-refractivity contribution in [2.75, 3.05) is 4.72 Å². The molecule has 0 saturated carbocycles. The van der Waals surface area contributed by atoms with E-state index in [4.69, 9.17) is 0 Å². The number of benzene rings is 2. The third-order valence-corrected chi connectivity index (χ3v) is 5.25. The second kappa shape index (κ2) is 6.06. The van der Waals surface area contributed by atoms with E-state index in [1.54, 1.807) is 26.0 Å². The van der Waals surface area contributed by atoms with E-state index in [0.29, 0.717) is 10.2 Å². The molecule has 2 rings (SSSR count). The summed E-state index contributed by atoms with van der Waals surface area (Å²) in [7, 11) is -3.98. The molecule has 0 heterocycles. The van der Waals surface area contributed by atoms with Gasteiger partial charge in [0.25, 0.3) is 10.0 Å². The normalized spacial score (nSPS) is 11.5. The number of halogens is 3. The summed E-state index contributed by atoms with van der Waals surface area (Å²) in [5.74, 6) is -0.802. The van der Waals surface area contributed by atoms with Crippen LogP contribution in [0.5, 0.6) is 0 Å². The van der Waals surface area contributed by atoms with Crippen LogP contribution in [0, 0.1) is 19.7 Å². The van der Waals surface area contributed by atoms with Crippen molar-refractivity contribution in [3.63, 3.8) is 0 Å². The predicted molar refractivity (Wildman–Crippen MR) is 88.5 cm³/mol. The zero-order valence-corrected chi connectivity index (χ0v) is 15.2. The Hall–Kier alpha value is -0.920. The lowest BCUT2D eigenvalue weighted by Crippen LogP contribution is -2.16. The molecule has 7 heteroatoms. The number of aryl methyl sites for hydroxylation is 2. The molecule has 2 aromatic carbocycles. The van der Waals surface area contributed by atoms with Gasteiger partial charge in [0.1, 0.15) is 10.7 Å². The summed E-state index contributed by atoms with van der Waals surface area (Å²) < 4.78 is 42.3. The fourth-order valence-electron chi connectivity index (χ4n) is 1.95. The molecule has 0 saturated heterocycles. The molecule has 0 aliphatic rings. The van der Waals surface area contributed by atoms with Crippen LogP contribution in [0.3, 0.4) is 0 Å². The van der Waals surface area contributed by atoms with E-state index < -0.39 is 15.8 Å². The Balaban J connectivity index is 2.47. The molecule has 0 fully saturated rings. The van der Waals surface area contributed by atoms with Crippen LogP contribution in [0.4, 0.5) is 10.1 Å². The van der Waals surface area contributed by atoms with Crippen molar-refractivity contribution in [3.8, 4) is 0 Å². The quantitative estimate of drug-likeness (QED) is 0.753. The van der Waals surface area contributed by atoms with Gasteiger partial charge in [-0.25, -0.2) is 12.8 Å².